The van der Waals surface area contributed by atoms with Crippen LogP contribution in [-0.4, -0.2) is 16.8 Å². The molecule has 0 aliphatic heterocycles. The lowest BCUT2D eigenvalue weighted by Crippen LogP contribution is -2.50. The zero-order valence-electron chi connectivity index (χ0n) is 15.1. The number of amides is 2. The molecule has 0 saturated heterocycles. The molecule has 4 fully saturated rings. The highest BCUT2D eigenvalue weighted by molar-refractivity contribution is 7.14. The molecule has 2 aromatic rings. The Bertz CT molecular complexity index is 823. The molecule has 0 spiro atoms. The van der Waals surface area contributed by atoms with E-state index in [0.717, 1.165) is 28.3 Å². The van der Waals surface area contributed by atoms with Gasteiger partial charge in [0.1, 0.15) is 10.7 Å². The minimum Gasteiger partial charge on any atom is -0.273 e. The summed E-state index contributed by atoms with van der Waals surface area (Å²) in [4.78, 5) is 29.2. The van der Waals surface area contributed by atoms with Crippen LogP contribution in [-0.2, 0) is 4.79 Å². The monoisotopic (exact) mass is 401 g/mol. The summed E-state index contributed by atoms with van der Waals surface area (Å²) in [7, 11) is 0. The summed E-state index contributed by atoms with van der Waals surface area (Å²) in [6.45, 7) is 0. The summed E-state index contributed by atoms with van der Waals surface area (Å²) in [6.07, 6.45) is 8.22. The highest BCUT2D eigenvalue weighted by Crippen LogP contribution is 2.61. The molecule has 0 aromatic carbocycles. The topological polar surface area (TPSA) is 71.1 Å². The van der Waals surface area contributed by atoms with Crippen molar-refractivity contribution in [2.24, 2.45) is 23.2 Å². The molecule has 7 heteroatoms. The van der Waals surface area contributed by atoms with Gasteiger partial charge in [0.2, 0.25) is 5.91 Å². The van der Waals surface area contributed by atoms with E-state index in [1.54, 1.807) is 16.7 Å². The Kier molecular flexibility index (Phi) is 4.31. The first-order valence-electron chi connectivity index (χ1n) is 9.66. The number of nitrogens with zero attached hydrogens (tertiary/aromatic N) is 1. The molecule has 4 saturated carbocycles. The van der Waals surface area contributed by atoms with Gasteiger partial charge in [-0.25, -0.2) is 4.98 Å². The Labute approximate surface area is 166 Å². The largest absolute Gasteiger partial charge is 0.289 e. The van der Waals surface area contributed by atoms with E-state index in [1.807, 2.05) is 16.8 Å². The quantitative estimate of drug-likeness (QED) is 0.753. The molecule has 142 valence electrons. The van der Waals surface area contributed by atoms with Crippen LogP contribution in [0.2, 0.25) is 0 Å². The first-order chi connectivity index (χ1) is 13.1. The van der Waals surface area contributed by atoms with E-state index in [2.05, 4.69) is 15.8 Å². The zero-order valence-corrected chi connectivity index (χ0v) is 16.7. The fourth-order valence-electron chi connectivity index (χ4n) is 5.98. The highest BCUT2D eigenvalue weighted by atomic mass is 32.1. The predicted molar refractivity (Wildman–Crippen MR) is 106 cm³/mol. The molecule has 4 aliphatic carbocycles. The third-order valence-electron chi connectivity index (χ3n) is 6.52. The van der Waals surface area contributed by atoms with E-state index in [-0.39, 0.29) is 17.2 Å². The van der Waals surface area contributed by atoms with Gasteiger partial charge in [0.15, 0.2) is 0 Å². The third-order valence-corrected chi connectivity index (χ3v) is 8.10. The minimum atomic E-state index is -0.355. The van der Waals surface area contributed by atoms with Gasteiger partial charge in [-0.05, 0) is 73.1 Å². The molecule has 0 unspecified atom stereocenters. The number of carbonyl (C=O) groups is 2. The van der Waals surface area contributed by atoms with Gasteiger partial charge in [-0.3, -0.25) is 20.4 Å². The molecular formula is C20H23N3O2S2. The number of nitrogens with one attached hydrogen (secondary N) is 2. The van der Waals surface area contributed by atoms with E-state index in [0.29, 0.717) is 12.1 Å². The summed E-state index contributed by atoms with van der Waals surface area (Å²) in [6, 6.07) is 1.98. The number of thiophene rings is 1. The Hall–Kier alpha value is -1.73. The maximum Gasteiger partial charge on any atom is 0.289 e. The first-order valence-corrected chi connectivity index (χ1v) is 11.5. The predicted octanol–water partition coefficient (Wildman–Crippen LogP) is 4.24. The van der Waals surface area contributed by atoms with E-state index < -0.39 is 0 Å². The molecule has 2 amide bonds. The molecule has 0 radical (unpaired) electrons. The molecule has 4 bridgehead atoms. The number of hydrazine groups is 1. The smallest absolute Gasteiger partial charge is 0.273 e. The van der Waals surface area contributed by atoms with Crippen molar-refractivity contribution in [3.05, 3.63) is 27.9 Å². The van der Waals surface area contributed by atoms with Crippen molar-refractivity contribution in [3.8, 4) is 10.6 Å². The van der Waals surface area contributed by atoms with Crippen molar-refractivity contribution >= 4 is 34.5 Å². The third kappa shape index (κ3) is 3.43. The highest BCUT2D eigenvalue weighted by Gasteiger charge is 2.51. The van der Waals surface area contributed by atoms with Gasteiger partial charge in [0, 0.05) is 22.7 Å². The Morgan fingerprint density at radius 2 is 1.78 bits per heavy atom. The van der Waals surface area contributed by atoms with Gasteiger partial charge in [0.25, 0.3) is 5.91 Å². The average molecular weight is 402 g/mol. The molecule has 5 nitrogen and oxygen atoms in total. The van der Waals surface area contributed by atoms with Crippen LogP contribution in [0.1, 0.15) is 55.4 Å². The fraction of sp³-hybridized carbons (Fsp3) is 0.550. The molecule has 4 aliphatic rings. The van der Waals surface area contributed by atoms with Gasteiger partial charge in [0.05, 0.1) is 0 Å². The van der Waals surface area contributed by atoms with E-state index >= 15 is 0 Å². The van der Waals surface area contributed by atoms with Crippen LogP contribution in [0.15, 0.2) is 22.2 Å². The molecule has 0 atom stereocenters. The average Bonchev–Trinajstić information content (AvgIpc) is 3.29. The number of rotatable bonds is 4. The number of hydrogen-bond acceptors (Lipinski definition) is 5. The van der Waals surface area contributed by atoms with Crippen molar-refractivity contribution in [1.82, 2.24) is 15.8 Å². The molecule has 2 aromatic heterocycles. The van der Waals surface area contributed by atoms with Crippen molar-refractivity contribution in [1.29, 1.82) is 0 Å². The summed E-state index contributed by atoms with van der Waals surface area (Å²) < 4.78 is 0. The molecule has 27 heavy (non-hydrogen) atoms. The molecule has 6 rings (SSSR count). The second-order valence-corrected chi connectivity index (χ2v) is 10.3. The lowest BCUT2D eigenvalue weighted by atomic mass is 9.49. The first kappa shape index (κ1) is 17.4. The van der Waals surface area contributed by atoms with Crippen LogP contribution < -0.4 is 10.9 Å². The number of carbonyl (C=O) groups excluding carboxylic acids is 2. The van der Waals surface area contributed by atoms with E-state index in [9.17, 15) is 9.59 Å². The maximum absolute atomic E-state index is 12.5. The Balaban J connectivity index is 1.17. The van der Waals surface area contributed by atoms with Crippen LogP contribution in [0.4, 0.5) is 0 Å². The maximum atomic E-state index is 12.5. The van der Waals surface area contributed by atoms with Crippen LogP contribution >= 0.6 is 22.7 Å². The van der Waals surface area contributed by atoms with Gasteiger partial charge >= 0.3 is 0 Å². The van der Waals surface area contributed by atoms with Gasteiger partial charge in [-0.2, -0.15) is 11.3 Å². The lowest BCUT2D eigenvalue weighted by Gasteiger charge is -2.56. The van der Waals surface area contributed by atoms with E-state index in [1.165, 1.54) is 49.9 Å². The second-order valence-electron chi connectivity index (χ2n) is 8.65. The summed E-state index contributed by atoms with van der Waals surface area (Å²) in [5.41, 5.74) is 6.72. The number of hydrogen-bond donors (Lipinski definition) is 2. The summed E-state index contributed by atoms with van der Waals surface area (Å²) >= 11 is 3.04. The fourth-order valence-corrected chi connectivity index (χ4v) is 7.49. The van der Waals surface area contributed by atoms with E-state index in [4.69, 9.17) is 0 Å². The van der Waals surface area contributed by atoms with Gasteiger partial charge < -0.3 is 0 Å². The molecular weight excluding hydrogens is 378 g/mol. The van der Waals surface area contributed by atoms with Crippen LogP contribution in [0, 0.1) is 23.2 Å². The lowest BCUT2D eigenvalue weighted by molar-refractivity contribution is -0.130. The Morgan fingerprint density at radius 3 is 2.41 bits per heavy atom. The molecule has 2 N–H and O–H groups in total. The van der Waals surface area contributed by atoms with Crippen molar-refractivity contribution in [3.63, 3.8) is 0 Å². The van der Waals surface area contributed by atoms with Crippen molar-refractivity contribution in [2.45, 2.75) is 44.9 Å². The molecule has 2 heterocycles. The van der Waals surface area contributed by atoms with Crippen LogP contribution in [0.3, 0.4) is 0 Å². The van der Waals surface area contributed by atoms with Crippen molar-refractivity contribution in [2.75, 3.05) is 0 Å². The van der Waals surface area contributed by atoms with Gasteiger partial charge in [-0.1, -0.05) is 0 Å². The summed E-state index contributed by atoms with van der Waals surface area (Å²) in [5, 5.41) is 6.55. The van der Waals surface area contributed by atoms with Crippen LogP contribution in [0.5, 0.6) is 0 Å². The summed E-state index contributed by atoms with van der Waals surface area (Å²) in [5.74, 6) is 2.04. The van der Waals surface area contributed by atoms with Gasteiger partial charge in [-0.15, -0.1) is 11.3 Å². The van der Waals surface area contributed by atoms with Crippen molar-refractivity contribution < 1.29 is 9.59 Å². The minimum absolute atomic E-state index is 0.0708. The Morgan fingerprint density at radius 1 is 1.07 bits per heavy atom. The zero-order chi connectivity index (χ0) is 18.4. The van der Waals surface area contributed by atoms with Crippen LogP contribution in [0.25, 0.3) is 10.6 Å². The second kappa shape index (κ2) is 6.71. The number of thiazole rings is 1. The standard InChI is InChI=1S/C20H23N3O2S2/c24-17(9-20-6-12-3-13(7-20)5-14(4-12)8-20)22-23-18(25)16-11-27-19(21-16)15-1-2-26-10-15/h1-2,10-14H,3-9H2,(H,22,24)(H,23,25). The SMILES string of the molecule is O=C(CC12CC3CC(CC(C3)C1)C2)NNC(=O)c1csc(-c2ccsc2)n1. The normalized spacial score (nSPS) is 31.0. The number of aromatic nitrogens is 1.